The molecule has 2 heterocycles. The predicted octanol–water partition coefficient (Wildman–Crippen LogP) is 1.22. The zero-order chi connectivity index (χ0) is 13.2. The van der Waals surface area contributed by atoms with Crippen molar-refractivity contribution in [1.82, 2.24) is 0 Å². The molecule has 1 aromatic carbocycles. The van der Waals surface area contributed by atoms with Gasteiger partial charge in [0.15, 0.2) is 12.6 Å². The van der Waals surface area contributed by atoms with E-state index in [2.05, 4.69) is 0 Å². The van der Waals surface area contributed by atoms with Crippen molar-refractivity contribution >= 4 is 0 Å². The van der Waals surface area contributed by atoms with Crippen LogP contribution in [0.4, 0.5) is 0 Å². The van der Waals surface area contributed by atoms with E-state index in [9.17, 15) is 5.11 Å². The number of fused-ring (bicyclic) bond motifs is 1. The molecule has 1 N–H and O–H groups in total. The second kappa shape index (κ2) is 5.56. The average Bonchev–Trinajstić information content (AvgIpc) is 2.47. The van der Waals surface area contributed by atoms with E-state index in [4.69, 9.17) is 18.9 Å². The Morgan fingerprint density at radius 2 is 1.95 bits per heavy atom. The van der Waals surface area contributed by atoms with E-state index in [-0.39, 0.29) is 12.2 Å². The lowest BCUT2D eigenvalue weighted by atomic mass is 10.0. The topological polar surface area (TPSA) is 57.2 Å². The normalized spacial score (nSPS) is 38.7. The first kappa shape index (κ1) is 13.0. The van der Waals surface area contributed by atoms with Crippen LogP contribution >= 0.6 is 0 Å². The molecule has 0 saturated carbocycles. The van der Waals surface area contributed by atoms with E-state index < -0.39 is 18.7 Å². The maximum absolute atomic E-state index is 9.89. The summed E-state index contributed by atoms with van der Waals surface area (Å²) >= 11 is 0. The Morgan fingerprint density at radius 3 is 2.68 bits per heavy atom. The maximum Gasteiger partial charge on any atom is 0.184 e. The van der Waals surface area contributed by atoms with Crippen LogP contribution in [-0.2, 0) is 18.9 Å². The van der Waals surface area contributed by atoms with Gasteiger partial charge in [-0.1, -0.05) is 30.3 Å². The smallest absolute Gasteiger partial charge is 0.184 e. The third-order valence-electron chi connectivity index (χ3n) is 3.53. The van der Waals surface area contributed by atoms with Crippen molar-refractivity contribution in [3.05, 3.63) is 35.9 Å². The van der Waals surface area contributed by atoms with Crippen molar-refractivity contribution in [3.63, 3.8) is 0 Å². The zero-order valence-electron chi connectivity index (χ0n) is 10.8. The average molecular weight is 266 g/mol. The highest BCUT2D eigenvalue weighted by Gasteiger charge is 2.42. The fourth-order valence-corrected chi connectivity index (χ4v) is 2.52. The molecular formula is C14H18O5. The fourth-order valence-electron chi connectivity index (χ4n) is 2.52. The number of methoxy groups -OCH3 is 1. The van der Waals surface area contributed by atoms with E-state index in [1.54, 1.807) is 0 Å². The molecule has 2 saturated heterocycles. The monoisotopic (exact) mass is 266 g/mol. The number of aliphatic hydroxyl groups is 1. The lowest BCUT2D eigenvalue weighted by Gasteiger charge is -2.43. The minimum absolute atomic E-state index is 0.166. The van der Waals surface area contributed by atoms with Crippen LogP contribution in [0.5, 0.6) is 0 Å². The largest absolute Gasteiger partial charge is 0.388 e. The van der Waals surface area contributed by atoms with Gasteiger partial charge in [-0.15, -0.1) is 0 Å². The summed E-state index contributed by atoms with van der Waals surface area (Å²) in [5, 5.41) is 9.89. The molecule has 2 fully saturated rings. The van der Waals surface area contributed by atoms with Gasteiger partial charge in [0.05, 0.1) is 12.7 Å². The van der Waals surface area contributed by atoms with Crippen LogP contribution in [-0.4, -0.2) is 43.4 Å². The number of hydrogen-bond acceptors (Lipinski definition) is 5. The van der Waals surface area contributed by atoms with Gasteiger partial charge in [-0.2, -0.15) is 0 Å². The summed E-state index contributed by atoms with van der Waals surface area (Å²) in [6, 6.07) is 9.76. The third kappa shape index (κ3) is 2.66. The van der Waals surface area contributed by atoms with Gasteiger partial charge in [0, 0.05) is 19.1 Å². The summed E-state index contributed by atoms with van der Waals surface area (Å²) in [7, 11) is 1.52. The Hall–Kier alpha value is -0.980. The van der Waals surface area contributed by atoms with Crippen molar-refractivity contribution in [1.29, 1.82) is 0 Å². The highest BCUT2D eigenvalue weighted by atomic mass is 16.7. The molecule has 19 heavy (non-hydrogen) atoms. The van der Waals surface area contributed by atoms with Crippen molar-refractivity contribution < 1.29 is 24.1 Å². The van der Waals surface area contributed by atoms with Crippen LogP contribution in [0.1, 0.15) is 18.3 Å². The lowest BCUT2D eigenvalue weighted by molar-refractivity contribution is -0.333. The molecular weight excluding hydrogens is 248 g/mol. The first-order valence-electron chi connectivity index (χ1n) is 6.46. The molecule has 0 radical (unpaired) electrons. The number of hydrogen-bond donors (Lipinski definition) is 1. The molecule has 5 atom stereocenters. The number of rotatable bonds is 2. The molecule has 0 unspecified atom stereocenters. The van der Waals surface area contributed by atoms with Crippen molar-refractivity contribution in [2.75, 3.05) is 13.7 Å². The van der Waals surface area contributed by atoms with Gasteiger partial charge in [0.25, 0.3) is 0 Å². The quantitative estimate of drug-likeness (QED) is 0.872. The molecule has 0 aromatic heterocycles. The van der Waals surface area contributed by atoms with E-state index in [1.807, 2.05) is 30.3 Å². The molecule has 0 spiro atoms. The van der Waals surface area contributed by atoms with E-state index in [1.165, 1.54) is 7.11 Å². The Labute approximate surface area is 112 Å². The van der Waals surface area contributed by atoms with Crippen molar-refractivity contribution in [2.24, 2.45) is 0 Å². The number of ether oxygens (including phenoxy) is 4. The van der Waals surface area contributed by atoms with Gasteiger partial charge in [-0.25, -0.2) is 0 Å². The number of benzene rings is 1. The second-order valence-electron chi connectivity index (χ2n) is 4.83. The summed E-state index contributed by atoms with van der Waals surface area (Å²) in [5.74, 6) is 0. The molecule has 5 heteroatoms. The SMILES string of the molecule is CO[C@@H]1O[C@@H]2CO[C@@H](c3ccccc3)O[C@H]2C[C@H]1O. The second-order valence-corrected chi connectivity index (χ2v) is 4.83. The molecule has 2 aliphatic rings. The van der Waals surface area contributed by atoms with Crippen LogP contribution in [0, 0.1) is 0 Å². The summed E-state index contributed by atoms with van der Waals surface area (Å²) in [6.45, 7) is 0.441. The van der Waals surface area contributed by atoms with Gasteiger partial charge in [-0.3, -0.25) is 0 Å². The van der Waals surface area contributed by atoms with Crippen LogP contribution < -0.4 is 0 Å². The van der Waals surface area contributed by atoms with Gasteiger partial charge >= 0.3 is 0 Å². The van der Waals surface area contributed by atoms with Crippen molar-refractivity contribution in [3.8, 4) is 0 Å². The molecule has 0 bridgehead atoms. The van der Waals surface area contributed by atoms with Crippen LogP contribution in [0.3, 0.4) is 0 Å². The molecule has 3 rings (SSSR count). The first-order valence-corrected chi connectivity index (χ1v) is 6.46. The predicted molar refractivity (Wildman–Crippen MR) is 66.3 cm³/mol. The molecule has 1 aromatic rings. The Balaban J connectivity index is 1.68. The van der Waals surface area contributed by atoms with Gasteiger partial charge in [-0.05, 0) is 0 Å². The zero-order valence-corrected chi connectivity index (χ0v) is 10.8. The van der Waals surface area contributed by atoms with E-state index in [0.29, 0.717) is 13.0 Å². The summed E-state index contributed by atoms with van der Waals surface area (Å²) in [5.41, 5.74) is 0.976. The lowest BCUT2D eigenvalue weighted by Crippen LogP contribution is -2.53. The first-order chi connectivity index (χ1) is 9.28. The molecule has 0 amide bonds. The van der Waals surface area contributed by atoms with Crippen LogP contribution in [0.25, 0.3) is 0 Å². The highest BCUT2D eigenvalue weighted by molar-refractivity contribution is 5.16. The minimum atomic E-state index is -0.666. The molecule has 0 aliphatic carbocycles. The van der Waals surface area contributed by atoms with Gasteiger partial charge in [0.1, 0.15) is 12.2 Å². The van der Waals surface area contributed by atoms with Crippen LogP contribution in [0.2, 0.25) is 0 Å². The minimum Gasteiger partial charge on any atom is -0.388 e. The molecule has 5 nitrogen and oxygen atoms in total. The van der Waals surface area contributed by atoms with Crippen molar-refractivity contribution in [2.45, 2.75) is 37.3 Å². The Bertz CT molecular complexity index is 410. The Morgan fingerprint density at radius 1 is 1.16 bits per heavy atom. The van der Waals surface area contributed by atoms with Gasteiger partial charge < -0.3 is 24.1 Å². The Kier molecular flexibility index (Phi) is 3.81. The molecule has 104 valence electrons. The summed E-state index contributed by atoms with van der Waals surface area (Å²) < 4.78 is 22.2. The van der Waals surface area contributed by atoms with E-state index in [0.717, 1.165) is 5.56 Å². The maximum atomic E-state index is 9.89. The summed E-state index contributed by atoms with van der Waals surface area (Å²) in [6.07, 6.45) is -1.51. The fraction of sp³-hybridized carbons (Fsp3) is 0.571. The third-order valence-corrected chi connectivity index (χ3v) is 3.53. The highest BCUT2D eigenvalue weighted by Crippen LogP contribution is 2.33. The number of aliphatic hydroxyl groups excluding tert-OH is 1. The molecule has 2 aliphatic heterocycles. The van der Waals surface area contributed by atoms with Gasteiger partial charge in [0.2, 0.25) is 0 Å². The van der Waals surface area contributed by atoms with Crippen LogP contribution in [0.15, 0.2) is 30.3 Å². The summed E-state index contributed by atoms with van der Waals surface area (Å²) in [4.78, 5) is 0. The van der Waals surface area contributed by atoms with E-state index >= 15 is 0 Å². The standard InChI is InChI=1S/C14H18O5/c1-16-14-10(15)7-11-12(19-14)8-17-13(18-11)9-5-3-2-4-6-9/h2-6,10-15H,7-8H2,1H3/t10-,11+,12-,13-,14-/m1/s1.